The van der Waals surface area contributed by atoms with Crippen LogP contribution in [0.1, 0.15) is 43.0 Å². The number of amides is 1. The molecular formula is C21H27NO3. The molecule has 2 atom stereocenters. The number of para-hydroxylation sites is 1. The maximum Gasteiger partial charge on any atom is 0.261 e. The molecule has 0 aliphatic carbocycles. The van der Waals surface area contributed by atoms with Crippen LogP contribution in [0.15, 0.2) is 42.5 Å². The van der Waals surface area contributed by atoms with Crippen LogP contribution in [0.3, 0.4) is 0 Å². The third kappa shape index (κ3) is 4.53. The molecule has 2 aromatic carbocycles. The number of benzene rings is 2. The molecule has 1 N–H and O–H groups in total. The van der Waals surface area contributed by atoms with Crippen molar-refractivity contribution in [2.45, 2.75) is 46.3 Å². The summed E-state index contributed by atoms with van der Waals surface area (Å²) in [5, 5.41) is 3.03. The van der Waals surface area contributed by atoms with Crippen molar-refractivity contribution >= 4 is 5.91 Å². The van der Waals surface area contributed by atoms with E-state index >= 15 is 0 Å². The van der Waals surface area contributed by atoms with Gasteiger partial charge in [-0.2, -0.15) is 0 Å². The molecule has 0 fully saturated rings. The van der Waals surface area contributed by atoms with E-state index in [1.165, 1.54) is 0 Å². The molecule has 0 radical (unpaired) electrons. The monoisotopic (exact) mass is 341 g/mol. The number of carbonyl (C=O) groups is 1. The molecule has 0 spiro atoms. The highest BCUT2D eigenvalue weighted by Crippen LogP contribution is 2.25. The van der Waals surface area contributed by atoms with Crippen molar-refractivity contribution in [3.05, 3.63) is 59.2 Å². The fourth-order valence-electron chi connectivity index (χ4n) is 2.74. The fourth-order valence-corrected chi connectivity index (χ4v) is 2.74. The molecule has 4 heteroatoms. The van der Waals surface area contributed by atoms with Crippen LogP contribution < -0.4 is 14.8 Å². The molecule has 0 aromatic heterocycles. The number of hydrogen-bond acceptors (Lipinski definition) is 3. The summed E-state index contributed by atoms with van der Waals surface area (Å²) in [7, 11) is 1.63. The molecule has 25 heavy (non-hydrogen) atoms. The third-order valence-electron chi connectivity index (χ3n) is 4.45. The maximum absolute atomic E-state index is 12.7. The van der Waals surface area contributed by atoms with Gasteiger partial charge >= 0.3 is 0 Å². The van der Waals surface area contributed by atoms with Gasteiger partial charge in [0.05, 0.1) is 13.2 Å². The minimum absolute atomic E-state index is 0.123. The minimum atomic E-state index is -0.530. The van der Waals surface area contributed by atoms with E-state index < -0.39 is 6.10 Å². The molecule has 4 nitrogen and oxygen atoms in total. The lowest BCUT2D eigenvalue weighted by Crippen LogP contribution is -2.39. The van der Waals surface area contributed by atoms with Crippen molar-refractivity contribution < 1.29 is 14.3 Å². The van der Waals surface area contributed by atoms with E-state index in [-0.39, 0.29) is 11.9 Å². The van der Waals surface area contributed by atoms with Crippen molar-refractivity contribution in [2.75, 3.05) is 7.11 Å². The van der Waals surface area contributed by atoms with E-state index in [1.54, 1.807) is 7.11 Å². The highest BCUT2D eigenvalue weighted by Gasteiger charge is 2.22. The second-order valence-electron chi connectivity index (χ2n) is 6.19. The summed E-state index contributed by atoms with van der Waals surface area (Å²) < 4.78 is 11.4. The van der Waals surface area contributed by atoms with Gasteiger partial charge in [-0.3, -0.25) is 4.79 Å². The van der Waals surface area contributed by atoms with Crippen LogP contribution in [0.5, 0.6) is 11.5 Å². The first-order chi connectivity index (χ1) is 12.0. The molecule has 0 aliphatic rings. The smallest absolute Gasteiger partial charge is 0.261 e. The Hall–Kier alpha value is -2.49. The molecule has 0 bridgehead atoms. The quantitative estimate of drug-likeness (QED) is 0.814. The summed E-state index contributed by atoms with van der Waals surface area (Å²) in [6.07, 6.45) is 0.0652. The molecule has 0 heterocycles. The summed E-state index contributed by atoms with van der Waals surface area (Å²) >= 11 is 0. The Morgan fingerprint density at radius 3 is 2.44 bits per heavy atom. The van der Waals surface area contributed by atoms with Crippen LogP contribution in [0, 0.1) is 13.8 Å². The van der Waals surface area contributed by atoms with Crippen molar-refractivity contribution in [3.8, 4) is 11.5 Å². The van der Waals surface area contributed by atoms with Gasteiger partial charge in [0.15, 0.2) is 6.10 Å². The zero-order valence-corrected chi connectivity index (χ0v) is 15.6. The molecule has 0 saturated carbocycles. The SMILES string of the molecule is CCC(Oc1cccc(C)c1C)C(=O)NC(C)c1ccccc1OC. The Balaban J connectivity index is 2.10. The largest absolute Gasteiger partial charge is 0.496 e. The second kappa shape index (κ2) is 8.56. The van der Waals surface area contributed by atoms with Gasteiger partial charge < -0.3 is 14.8 Å². The number of nitrogens with one attached hydrogen (secondary N) is 1. The van der Waals surface area contributed by atoms with Gasteiger partial charge in [0.1, 0.15) is 11.5 Å². The lowest BCUT2D eigenvalue weighted by atomic mass is 10.1. The van der Waals surface area contributed by atoms with Gasteiger partial charge in [0.2, 0.25) is 0 Å². The molecular weight excluding hydrogens is 314 g/mol. The van der Waals surface area contributed by atoms with E-state index in [0.29, 0.717) is 6.42 Å². The summed E-state index contributed by atoms with van der Waals surface area (Å²) in [6.45, 7) is 7.93. The molecule has 2 rings (SSSR count). The Morgan fingerprint density at radius 1 is 1.08 bits per heavy atom. The molecule has 0 saturated heterocycles. The summed E-state index contributed by atoms with van der Waals surface area (Å²) in [4.78, 5) is 12.7. The lowest BCUT2D eigenvalue weighted by Gasteiger charge is -2.22. The van der Waals surface area contributed by atoms with Gasteiger partial charge in [-0.05, 0) is 50.5 Å². The number of aryl methyl sites for hydroxylation is 1. The van der Waals surface area contributed by atoms with Gasteiger partial charge in [0.25, 0.3) is 5.91 Å². The topological polar surface area (TPSA) is 47.6 Å². The number of rotatable bonds is 7. The Bertz CT molecular complexity index is 727. The van der Waals surface area contributed by atoms with E-state index in [1.807, 2.05) is 70.2 Å². The second-order valence-corrected chi connectivity index (χ2v) is 6.19. The molecule has 2 unspecified atom stereocenters. The summed E-state index contributed by atoms with van der Waals surface area (Å²) in [5.41, 5.74) is 3.15. The maximum atomic E-state index is 12.7. The van der Waals surface area contributed by atoms with Crippen LogP contribution in [-0.4, -0.2) is 19.1 Å². The Kier molecular flexibility index (Phi) is 6.45. The van der Waals surface area contributed by atoms with Gasteiger partial charge in [-0.1, -0.05) is 37.3 Å². The van der Waals surface area contributed by atoms with E-state index in [0.717, 1.165) is 28.2 Å². The third-order valence-corrected chi connectivity index (χ3v) is 4.45. The zero-order chi connectivity index (χ0) is 18.4. The molecule has 134 valence electrons. The zero-order valence-electron chi connectivity index (χ0n) is 15.6. The van der Waals surface area contributed by atoms with Crippen molar-refractivity contribution in [3.63, 3.8) is 0 Å². The highest BCUT2D eigenvalue weighted by atomic mass is 16.5. The standard InChI is InChI=1S/C21H27NO3/c1-6-18(25-19-13-9-10-14(2)15(19)3)21(23)22-16(4)17-11-7-8-12-20(17)24-5/h7-13,16,18H,6H2,1-5H3,(H,22,23). The summed E-state index contributed by atoms with van der Waals surface area (Å²) in [6, 6.07) is 13.4. The first-order valence-electron chi connectivity index (χ1n) is 8.64. The lowest BCUT2D eigenvalue weighted by molar-refractivity contribution is -0.128. The number of hydrogen-bond donors (Lipinski definition) is 1. The first-order valence-corrected chi connectivity index (χ1v) is 8.64. The highest BCUT2D eigenvalue weighted by molar-refractivity contribution is 5.81. The van der Waals surface area contributed by atoms with Gasteiger partial charge in [0, 0.05) is 5.56 Å². The Morgan fingerprint density at radius 2 is 1.76 bits per heavy atom. The van der Waals surface area contributed by atoms with Gasteiger partial charge in [-0.15, -0.1) is 0 Å². The number of carbonyl (C=O) groups excluding carboxylic acids is 1. The van der Waals surface area contributed by atoms with E-state index in [4.69, 9.17) is 9.47 Å². The van der Waals surface area contributed by atoms with Crippen molar-refractivity contribution in [1.82, 2.24) is 5.32 Å². The normalized spacial score (nSPS) is 13.0. The van der Waals surface area contributed by atoms with E-state index in [9.17, 15) is 4.79 Å². The van der Waals surface area contributed by atoms with Crippen LogP contribution in [-0.2, 0) is 4.79 Å². The molecule has 1 amide bonds. The van der Waals surface area contributed by atoms with Crippen LogP contribution in [0.25, 0.3) is 0 Å². The summed E-state index contributed by atoms with van der Waals surface area (Å²) in [5.74, 6) is 1.40. The Labute approximate surface area is 150 Å². The first kappa shape index (κ1) is 18.8. The predicted molar refractivity (Wildman–Crippen MR) is 100 cm³/mol. The van der Waals surface area contributed by atoms with Gasteiger partial charge in [-0.25, -0.2) is 0 Å². The average Bonchev–Trinajstić information content (AvgIpc) is 2.62. The van der Waals surface area contributed by atoms with Crippen molar-refractivity contribution in [1.29, 1.82) is 0 Å². The number of ether oxygens (including phenoxy) is 2. The van der Waals surface area contributed by atoms with Crippen LogP contribution >= 0.6 is 0 Å². The van der Waals surface area contributed by atoms with E-state index in [2.05, 4.69) is 5.32 Å². The molecule has 0 aliphatic heterocycles. The fraction of sp³-hybridized carbons (Fsp3) is 0.381. The van der Waals surface area contributed by atoms with Crippen LogP contribution in [0.4, 0.5) is 0 Å². The predicted octanol–water partition coefficient (Wildman–Crippen LogP) is 4.35. The van der Waals surface area contributed by atoms with Crippen molar-refractivity contribution in [2.24, 2.45) is 0 Å². The average molecular weight is 341 g/mol. The molecule has 2 aromatic rings. The van der Waals surface area contributed by atoms with Crippen LogP contribution in [0.2, 0.25) is 0 Å². The number of methoxy groups -OCH3 is 1. The minimum Gasteiger partial charge on any atom is -0.496 e.